The first-order valence-corrected chi connectivity index (χ1v) is 7.66. The fourth-order valence-electron chi connectivity index (χ4n) is 2.33. The molecule has 0 aliphatic carbocycles. The molecule has 0 fully saturated rings. The van der Waals surface area contributed by atoms with Crippen molar-refractivity contribution in [1.29, 1.82) is 0 Å². The van der Waals surface area contributed by atoms with Crippen molar-refractivity contribution in [2.45, 2.75) is 39.8 Å². The van der Waals surface area contributed by atoms with Crippen LogP contribution in [0.1, 0.15) is 27.7 Å². The number of hydrogen-bond acceptors (Lipinski definition) is 4. The molecule has 0 saturated heterocycles. The van der Waals surface area contributed by atoms with Gasteiger partial charge < -0.3 is 4.74 Å². The van der Waals surface area contributed by atoms with Crippen LogP contribution < -0.4 is 4.74 Å². The maximum atomic E-state index is 5.82. The fourth-order valence-corrected chi connectivity index (χ4v) is 2.71. The van der Waals surface area contributed by atoms with Gasteiger partial charge in [-0.1, -0.05) is 0 Å². The van der Waals surface area contributed by atoms with Crippen molar-refractivity contribution in [2.24, 2.45) is 0 Å². The first-order chi connectivity index (χ1) is 9.49. The SMILES string of the molecule is CC(C)N(CCOc1nc(Br)cn2ccnc12)C(C)C. The lowest BCUT2D eigenvalue weighted by Crippen LogP contribution is -2.39. The van der Waals surface area contributed by atoms with E-state index in [1.54, 1.807) is 6.20 Å². The lowest BCUT2D eigenvalue weighted by molar-refractivity contribution is 0.140. The molecule has 0 N–H and O–H groups in total. The van der Waals surface area contributed by atoms with Crippen molar-refractivity contribution in [1.82, 2.24) is 19.3 Å². The third-order valence-corrected chi connectivity index (χ3v) is 3.61. The number of aromatic nitrogens is 3. The third kappa shape index (κ3) is 3.49. The molecule has 20 heavy (non-hydrogen) atoms. The molecular formula is C14H21BrN4O. The van der Waals surface area contributed by atoms with Crippen LogP contribution >= 0.6 is 15.9 Å². The summed E-state index contributed by atoms with van der Waals surface area (Å²) >= 11 is 3.39. The highest BCUT2D eigenvalue weighted by atomic mass is 79.9. The van der Waals surface area contributed by atoms with Gasteiger partial charge in [-0.2, -0.15) is 0 Å². The molecule has 0 amide bonds. The summed E-state index contributed by atoms with van der Waals surface area (Å²) in [6, 6.07) is 1.00. The second kappa shape index (κ2) is 6.54. The van der Waals surface area contributed by atoms with Crippen LogP contribution in [0.2, 0.25) is 0 Å². The van der Waals surface area contributed by atoms with Crippen LogP contribution in [0.15, 0.2) is 23.2 Å². The zero-order valence-electron chi connectivity index (χ0n) is 12.4. The number of halogens is 1. The molecule has 6 heteroatoms. The van der Waals surface area contributed by atoms with E-state index in [9.17, 15) is 0 Å². The highest BCUT2D eigenvalue weighted by Crippen LogP contribution is 2.19. The molecule has 0 bridgehead atoms. The van der Waals surface area contributed by atoms with Gasteiger partial charge >= 0.3 is 0 Å². The van der Waals surface area contributed by atoms with Gasteiger partial charge in [-0.05, 0) is 43.6 Å². The van der Waals surface area contributed by atoms with Gasteiger partial charge in [0.2, 0.25) is 5.65 Å². The predicted molar refractivity (Wildman–Crippen MR) is 83.2 cm³/mol. The van der Waals surface area contributed by atoms with Crippen LogP contribution in [0, 0.1) is 0 Å². The quantitative estimate of drug-likeness (QED) is 0.810. The Hall–Kier alpha value is -1.14. The Morgan fingerprint density at radius 2 is 2.00 bits per heavy atom. The zero-order chi connectivity index (χ0) is 14.7. The van der Waals surface area contributed by atoms with Gasteiger partial charge in [0.1, 0.15) is 11.2 Å². The van der Waals surface area contributed by atoms with Crippen LogP contribution in [0.25, 0.3) is 5.65 Å². The van der Waals surface area contributed by atoms with Gasteiger partial charge in [0, 0.05) is 37.2 Å². The minimum absolute atomic E-state index is 0.500. The van der Waals surface area contributed by atoms with Crippen molar-refractivity contribution in [3.05, 3.63) is 23.2 Å². The molecule has 110 valence electrons. The average Bonchev–Trinajstić information content (AvgIpc) is 2.81. The molecule has 0 spiro atoms. The van der Waals surface area contributed by atoms with E-state index in [0.717, 1.165) is 16.8 Å². The average molecular weight is 341 g/mol. The summed E-state index contributed by atoms with van der Waals surface area (Å²) < 4.78 is 8.46. The van der Waals surface area contributed by atoms with Crippen LogP contribution in [-0.2, 0) is 0 Å². The van der Waals surface area contributed by atoms with Crippen molar-refractivity contribution in [3.63, 3.8) is 0 Å². The van der Waals surface area contributed by atoms with Gasteiger partial charge in [0.05, 0.1) is 0 Å². The number of fused-ring (bicyclic) bond motifs is 1. The summed E-state index contributed by atoms with van der Waals surface area (Å²) in [5.74, 6) is 0.567. The van der Waals surface area contributed by atoms with E-state index in [-0.39, 0.29) is 0 Å². The molecule has 5 nitrogen and oxygen atoms in total. The first-order valence-electron chi connectivity index (χ1n) is 6.86. The van der Waals surface area contributed by atoms with E-state index in [4.69, 9.17) is 4.74 Å². The molecule has 0 aliphatic rings. The zero-order valence-corrected chi connectivity index (χ0v) is 14.0. The normalized spacial score (nSPS) is 12.0. The van der Waals surface area contributed by atoms with Gasteiger partial charge in [-0.3, -0.25) is 9.30 Å². The number of hydrogen-bond donors (Lipinski definition) is 0. The third-order valence-electron chi connectivity index (χ3n) is 3.23. The Labute approximate surface area is 128 Å². The second-order valence-electron chi connectivity index (χ2n) is 5.30. The molecule has 2 aromatic heterocycles. The first kappa shape index (κ1) is 15.3. The standard InChI is InChI=1S/C14H21BrN4O/c1-10(2)19(11(3)4)7-8-20-14-13-16-5-6-18(13)9-12(15)17-14/h5-6,9-11H,7-8H2,1-4H3. The van der Waals surface area contributed by atoms with Gasteiger partial charge in [0.25, 0.3) is 5.88 Å². The minimum Gasteiger partial charge on any atom is -0.474 e. The van der Waals surface area contributed by atoms with Crippen LogP contribution in [-0.4, -0.2) is 44.5 Å². The van der Waals surface area contributed by atoms with E-state index in [2.05, 4.69) is 58.5 Å². The highest BCUT2D eigenvalue weighted by Gasteiger charge is 2.14. The smallest absolute Gasteiger partial charge is 0.259 e. The maximum absolute atomic E-state index is 5.82. The number of imidazole rings is 1. The fraction of sp³-hybridized carbons (Fsp3) is 0.571. The van der Waals surface area contributed by atoms with Crippen molar-refractivity contribution < 1.29 is 4.74 Å². The van der Waals surface area contributed by atoms with Gasteiger partial charge in [0.15, 0.2) is 0 Å². The van der Waals surface area contributed by atoms with Crippen LogP contribution in [0.4, 0.5) is 0 Å². The van der Waals surface area contributed by atoms with E-state index in [1.807, 2.05) is 16.8 Å². The molecule has 0 aromatic carbocycles. The molecule has 0 aliphatic heterocycles. The maximum Gasteiger partial charge on any atom is 0.259 e. The highest BCUT2D eigenvalue weighted by molar-refractivity contribution is 9.10. The molecule has 2 heterocycles. The van der Waals surface area contributed by atoms with E-state index in [0.29, 0.717) is 24.6 Å². The lowest BCUT2D eigenvalue weighted by atomic mass is 10.2. The molecule has 0 unspecified atom stereocenters. The van der Waals surface area contributed by atoms with E-state index >= 15 is 0 Å². The minimum atomic E-state index is 0.500. The summed E-state index contributed by atoms with van der Waals surface area (Å²) in [4.78, 5) is 11.0. The molecule has 0 radical (unpaired) electrons. The monoisotopic (exact) mass is 340 g/mol. The Kier molecular flexibility index (Phi) is 4.99. The number of rotatable bonds is 6. The molecule has 0 saturated carbocycles. The predicted octanol–water partition coefficient (Wildman–Crippen LogP) is 2.99. The van der Waals surface area contributed by atoms with Crippen molar-refractivity contribution >= 4 is 21.6 Å². The Bertz CT molecular complexity index is 559. The lowest BCUT2D eigenvalue weighted by Gasteiger charge is -2.30. The van der Waals surface area contributed by atoms with Crippen LogP contribution in [0.3, 0.4) is 0 Å². The summed E-state index contributed by atoms with van der Waals surface area (Å²) in [5, 5.41) is 0. The molecular weight excluding hydrogens is 320 g/mol. The summed E-state index contributed by atoms with van der Waals surface area (Å²) in [6.07, 6.45) is 5.48. The topological polar surface area (TPSA) is 42.7 Å². The van der Waals surface area contributed by atoms with Gasteiger partial charge in [-0.25, -0.2) is 9.97 Å². The number of nitrogens with zero attached hydrogens (tertiary/aromatic N) is 4. The van der Waals surface area contributed by atoms with Gasteiger partial charge in [-0.15, -0.1) is 0 Å². The van der Waals surface area contributed by atoms with Crippen molar-refractivity contribution in [2.75, 3.05) is 13.2 Å². The Balaban J connectivity index is 2.04. The Morgan fingerprint density at radius 1 is 1.30 bits per heavy atom. The number of ether oxygens (including phenoxy) is 1. The largest absolute Gasteiger partial charge is 0.474 e. The molecule has 0 atom stereocenters. The molecule has 2 aromatic rings. The second-order valence-corrected chi connectivity index (χ2v) is 6.11. The Morgan fingerprint density at radius 3 is 2.65 bits per heavy atom. The summed E-state index contributed by atoms with van der Waals surface area (Å²) in [5.41, 5.74) is 0.744. The summed E-state index contributed by atoms with van der Waals surface area (Å²) in [6.45, 7) is 10.3. The van der Waals surface area contributed by atoms with Crippen LogP contribution in [0.5, 0.6) is 5.88 Å². The van der Waals surface area contributed by atoms with Crippen molar-refractivity contribution in [3.8, 4) is 5.88 Å². The van der Waals surface area contributed by atoms with E-state index in [1.165, 1.54) is 0 Å². The molecule has 2 rings (SSSR count). The summed E-state index contributed by atoms with van der Waals surface area (Å²) in [7, 11) is 0. The van der Waals surface area contributed by atoms with E-state index < -0.39 is 0 Å².